The van der Waals surface area contributed by atoms with Gasteiger partial charge in [0, 0.05) is 29.2 Å². The van der Waals surface area contributed by atoms with Gasteiger partial charge in [0.1, 0.15) is 0 Å². The van der Waals surface area contributed by atoms with Crippen LogP contribution in [0.4, 0.5) is 0 Å². The number of hydrogen-bond acceptors (Lipinski definition) is 6. The van der Waals surface area contributed by atoms with Crippen molar-refractivity contribution >= 4 is 58.4 Å². The topological polar surface area (TPSA) is 105 Å². The number of rotatable bonds is 10. The molecule has 1 heterocycles. The Morgan fingerprint density at radius 1 is 0.844 bits per heavy atom. The fourth-order valence-corrected chi connectivity index (χ4v) is 6.22. The van der Waals surface area contributed by atoms with E-state index in [0.717, 1.165) is 33.4 Å². The number of halogens is 3. The molecule has 3 unspecified atom stereocenters. The predicted octanol–water partition coefficient (Wildman–Crippen LogP) is 7.87. The maximum absolute atomic E-state index is 11.9. The number of carbonyl (C=O) groups is 2. The normalized spacial score (nSPS) is 18.4. The van der Waals surface area contributed by atoms with Gasteiger partial charge in [-0.1, -0.05) is 114 Å². The van der Waals surface area contributed by atoms with Crippen molar-refractivity contribution in [3.05, 3.63) is 125 Å². The van der Waals surface area contributed by atoms with Crippen LogP contribution in [0.1, 0.15) is 51.4 Å². The third-order valence-electron chi connectivity index (χ3n) is 7.31. The second kappa shape index (κ2) is 15.0. The molecule has 1 aliphatic heterocycles. The zero-order valence-electron chi connectivity index (χ0n) is 23.9. The third kappa shape index (κ3) is 8.80. The van der Waals surface area contributed by atoms with Crippen molar-refractivity contribution in [1.29, 1.82) is 0 Å². The van der Waals surface area contributed by atoms with Gasteiger partial charge in [0.15, 0.2) is 6.29 Å². The van der Waals surface area contributed by atoms with Crippen molar-refractivity contribution in [2.45, 2.75) is 46.8 Å². The summed E-state index contributed by atoms with van der Waals surface area (Å²) in [5.74, 6) is -1.13. The van der Waals surface area contributed by atoms with Gasteiger partial charge in [-0.25, -0.2) is 4.79 Å². The van der Waals surface area contributed by atoms with Crippen LogP contribution in [-0.2, 0) is 27.4 Å². The van der Waals surface area contributed by atoms with E-state index in [9.17, 15) is 19.8 Å². The minimum Gasteiger partial charge on any atom is -0.478 e. The van der Waals surface area contributed by atoms with E-state index in [0.29, 0.717) is 17.1 Å². The molecule has 5 rings (SSSR count). The Balaban J connectivity index is 1.33. The molecular weight excluding hydrogens is 657 g/mol. The minimum atomic E-state index is -2.03. The van der Waals surface area contributed by atoms with Crippen LogP contribution >= 0.6 is 46.6 Å². The second-order valence-electron chi connectivity index (χ2n) is 10.5. The highest BCUT2D eigenvalue weighted by molar-refractivity contribution is 7.99. The van der Waals surface area contributed by atoms with E-state index in [1.54, 1.807) is 18.2 Å². The lowest BCUT2D eigenvalue weighted by atomic mass is 9.99. The lowest BCUT2D eigenvalue weighted by Crippen LogP contribution is -2.33. The molecule has 1 amide bonds. The monoisotopic (exact) mass is 685 g/mol. The standard InChI is InChI=1S/C34H30Cl3NO6S/c35-34(36,37)33(42)38-18-22-4-3-5-26(16-22)23-12-14-25(15-13-23)32-43-27(20-45-30-7-2-1-6-28(30)31(40)41)17-29(44-32)24-10-8-21(19-39)9-11-24/h1-16,27,29,32,39H,17-20H2,(H,38,42)(H,40,41). The highest BCUT2D eigenvalue weighted by atomic mass is 35.6. The lowest BCUT2D eigenvalue weighted by molar-refractivity contribution is -0.245. The summed E-state index contributed by atoms with van der Waals surface area (Å²) < 4.78 is 10.9. The molecule has 0 bridgehead atoms. The number of carboxylic acids is 1. The Hall–Kier alpha value is -3.08. The molecule has 1 saturated heterocycles. The summed E-state index contributed by atoms with van der Waals surface area (Å²) in [5, 5.41) is 21.7. The first-order valence-corrected chi connectivity index (χ1v) is 16.2. The molecule has 234 valence electrons. The van der Waals surface area contributed by atoms with E-state index in [1.165, 1.54) is 11.8 Å². The number of carbonyl (C=O) groups excluding carboxylic acids is 1. The van der Waals surface area contributed by atoms with Gasteiger partial charge in [-0.05, 0) is 46.0 Å². The molecule has 45 heavy (non-hydrogen) atoms. The van der Waals surface area contributed by atoms with Crippen LogP contribution < -0.4 is 5.32 Å². The van der Waals surface area contributed by atoms with Crippen molar-refractivity contribution in [3.8, 4) is 11.1 Å². The molecular formula is C34H30Cl3NO6S. The molecule has 1 fully saturated rings. The maximum Gasteiger partial charge on any atom is 0.336 e. The number of nitrogens with one attached hydrogen (secondary N) is 1. The Kier molecular flexibility index (Phi) is 11.1. The molecule has 0 spiro atoms. The maximum atomic E-state index is 11.9. The number of thioether (sulfide) groups is 1. The van der Waals surface area contributed by atoms with Gasteiger partial charge in [-0.3, -0.25) is 4.79 Å². The SMILES string of the molecule is O=C(O)c1ccccc1SCC1CC(c2ccc(CO)cc2)OC(c2ccc(-c3cccc(CNC(=O)C(Cl)(Cl)Cl)c3)cc2)O1. The number of hydrogen-bond donors (Lipinski definition) is 3. The molecule has 0 saturated carbocycles. The Bertz CT molecular complexity index is 1630. The van der Waals surface area contributed by atoms with Crippen LogP contribution in [0.5, 0.6) is 0 Å². The van der Waals surface area contributed by atoms with Gasteiger partial charge in [-0.15, -0.1) is 11.8 Å². The number of benzene rings is 4. The Morgan fingerprint density at radius 2 is 1.56 bits per heavy atom. The van der Waals surface area contributed by atoms with Crippen LogP contribution in [0.3, 0.4) is 0 Å². The minimum absolute atomic E-state index is 0.0430. The highest BCUT2D eigenvalue weighted by Crippen LogP contribution is 2.40. The molecule has 0 aromatic heterocycles. The van der Waals surface area contributed by atoms with Gasteiger partial charge in [0.05, 0.1) is 24.4 Å². The van der Waals surface area contributed by atoms with Crippen molar-refractivity contribution < 1.29 is 29.3 Å². The van der Waals surface area contributed by atoms with E-state index in [4.69, 9.17) is 44.3 Å². The number of aromatic carboxylic acids is 1. The van der Waals surface area contributed by atoms with Gasteiger partial charge in [0.2, 0.25) is 0 Å². The lowest BCUT2D eigenvalue weighted by Gasteiger charge is -2.36. The fourth-order valence-electron chi connectivity index (χ4n) is 4.95. The number of carboxylic acid groups (broad SMARTS) is 1. The van der Waals surface area contributed by atoms with Crippen molar-refractivity contribution in [2.75, 3.05) is 5.75 Å². The molecule has 4 aromatic carbocycles. The van der Waals surface area contributed by atoms with Crippen LogP contribution in [0.2, 0.25) is 0 Å². The molecule has 0 aliphatic carbocycles. The van der Waals surface area contributed by atoms with Crippen LogP contribution in [0.25, 0.3) is 11.1 Å². The van der Waals surface area contributed by atoms with Gasteiger partial charge in [0.25, 0.3) is 9.70 Å². The summed E-state index contributed by atoms with van der Waals surface area (Å²) in [7, 11) is 0. The number of alkyl halides is 3. The molecule has 3 N–H and O–H groups in total. The smallest absolute Gasteiger partial charge is 0.336 e. The van der Waals surface area contributed by atoms with E-state index < -0.39 is 22.0 Å². The van der Waals surface area contributed by atoms with Crippen molar-refractivity contribution in [3.63, 3.8) is 0 Å². The van der Waals surface area contributed by atoms with E-state index in [1.807, 2.05) is 78.9 Å². The second-order valence-corrected chi connectivity index (χ2v) is 13.8. The fraction of sp³-hybridized carbons (Fsp3) is 0.235. The molecule has 1 aliphatic rings. The van der Waals surface area contributed by atoms with Gasteiger partial charge >= 0.3 is 5.97 Å². The van der Waals surface area contributed by atoms with Crippen LogP contribution in [0.15, 0.2) is 102 Å². The highest BCUT2D eigenvalue weighted by Gasteiger charge is 2.33. The zero-order chi connectivity index (χ0) is 32.0. The van der Waals surface area contributed by atoms with E-state index >= 15 is 0 Å². The Labute approximate surface area is 280 Å². The summed E-state index contributed by atoms with van der Waals surface area (Å²) in [6, 6.07) is 30.2. The zero-order valence-corrected chi connectivity index (χ0v) is 27.0. The summed E-state index contributed by atoms with van der Waals surface area (Å²) in [6.45, 7) is 0.165. The molecule has 0 radical (unpaired) electrons. The number of ether oxygens (including phenoxy) is 2. The van der Waals surface area contributed by atoms with Gasteiger partial charge in [-0.2, -0.15) is 0 Å². The molecule has 4 aromatic rings. The van der Waals surface area contributed by atoms with Crippen molar-refractivity contribution in [2.24, 2.45) is 0 Å². The van der Waals surface area contributed by atoms with Crippen LogP contribution in [0, 0.1) is 0 Å². The van der Waals surface area contributed by atoms with Crippen molar-refractivity contribution in [1.82, 2.24) is 5.32 Å². The average Bonchev–Trinajstić information content (AvgIpc) is 3.06. The average molecular weight is 687 g/mol. The number of aliphatic hydroxyl groups excluding tert-OH is 1. The molecule has 3 atom stereocenters. The molecule has 11 heteroatoms. The Morgan fingerprint density at radius 3 is 2.24 bits per heavy atom. The predicted molar refractivity (Wildman–Crippen MR) is 177 cm³/mol. The molecule has 7 nitrogen and oxygen atoms in total. The van der Waals surface area contributed by atoms with E-state index in [-0.39, 0.29) is 30.9 Å². The first-order chi connectivity index (χ1) is 21.6. The third-order valence-corrected chi connectivity index (χ3v) is 9.03. The first-order valence-electron chi connectivity index (χ1n) is 14.1. The van der Waals surface area contributed by atoms with Gasteiger partial charge < -0.3 is 25.0 Å². The van der Waals surface area contributed by atoms with E-state index in [2.05, 4.69) is 5.32 Å². The first kappa shape index (κ1) is 33.3. The number of aliphatic hydroxyl groups is 1. The summed E-state index contributed by atoms with van der Waals surface area (Å²) in [5.41, 5.74) is 5.62. The quantitative estimate of drug-likeness (QED) is 0.115. The summed E-state index contributed by atoms with van der Waals surface area (Å²) in [4.78, 5) is 24.3. The van der Waals surface area contributed by atoms with Crippen LogP contribution in [-0.4, -0.2) is 37.7 Å². The summed E-state index contributed by atoms with van der Waals surface area (Å²) in [6.07, 6.45) is -0.566. The summed E-state index contributed by atoms with van der Waals surface area (Å²) >= 11 is 18.4. The largest absolute Gasteiger partial charge is 0.478 e. The number of amides is 1.